The van der Waals surface area contributed by atoms with Crippen LogP contribution < -0.4 is 0 Å². The molecule has 0 radical (unpaired) electrons. The summed E-state index contributed by atoms with van der Waals surface area (Å²) in [5, 5.41) is 3.32. The number of aromatic nitrogens is 3. The molecule has 0 aliphatic carbocycles. The van der Waals surface area contributed by atoms with E-state index in [2.05, 4.69) is 19.6 Å². The minimum absolute atomic E-state index is 0.125. The molecule has 2 aliphatic rings. The van der Waals surface area contributed by atoms with Gasteiger partial charge >= 0.3 is 12.1 Å². The number of hydrogen-bond donors (Lipinski definition) is 0. The van der Waals surface area contributed by atoms with E-state index < -0.39 is 12.1 Å². The Labute approximate surface area is 183 Å². The Bertz CT molecular complexity index is 1240. The zero-order valence-electron chi connectivity index (χ0n) is 16.8. The molecule has 0 bridgehead atoms. The van der Waals surface area contributed by atoms with Crippen LogP contribution in [-0.4, -0.2) is 55.9 Å². The molecular formula is C21H15F4N5O3. The highest BCUT2D eigenvalue weighted by Gasteiger charge is 2.42. The summed E-state index contributed by atoms with van der Waals surface area (Å²) in [5.74, 6) is -2.62. The molecule has 0 N–H and O–H groups in total. The van der Waals surface area contributed by atoms with Gasteiger partial charge in [0.05, 0.1) is 30.3 Å². The molecular weight excluding hydrogens is 446 g/mol. The smallest absolute Gasteiger partial charge is 0.338 e. The van der Waals surface area contributed by atoms with Crippen LogP contribution in [0.5, 0.6) is 0 Å². The van der Waals surface area contributed by atoms with Crippen LogP contribution in [0.2, 0.25) is 0 Å². The van der Waals surface area contributed by atoms with Gasteiger partial charge in [0.25, 0.3) is 5.91 Å². The highest BCUT2D eigenvalue weighted by Crippen LogP contribution is 2.32. The number of fused-ring (bicyclic) bond motifs is 1. The number of carbonyl (C=O) groups excluding carboxylic acids is 2. The Morgan fingerprint density at radius 2 is 1.91 bits per heavy atom. The van der Waals surface area contributed by atoms with E-state index in [9.17, 15) is 27.2 Å². The molecule has 12 heteroatoms. The Balaban J connectivity index is 1.23. The van der Waals surface area contributed by atoms with Gasteiger partial charge < -0.3 is 14.3 Å². The fraction of sp³-hybridized carbons (Fsp3) is 0.286. The van der Waals surface area contributed by atoms with Crippen LogP contribution >= 0.6 is 0 Å². The number of carbonyl (C=O) groups is 2. The minimum Gasteiger partial charge on any atom is -0.338 e. The molecule has 5 rings (SSSR count). The first-order chi connectivity index (χ1) is 15.7. The van der Waals surface area contributed by atoms with Gasteiger partial charge in [-0.1, -0.05) is 17.3 Å². The first-order valence-electron chi connectivity index (χ1n) is 9.92. The molecule has 4 heterocycles. The molecule has 1 aromatic carbocycles. The standard InChI is InChI=1S/C21H15F4N5O3/c22-13-3-1-11(2-4-13)5-17(31)29-8-14(9-29)30-10-16-15(19(30)32)6-12(7-26-16)18-27-20(33-28-18)21(23,24)25/h1-4,6-7,14H,5,8-10H2. The van der Waals surface area contributed by atoms with Crippen molar-refractivity contribution < 1.29 is 31.7 Å². The quantitative estimate of drug-likeness (QED) is 0.555. The van der Waals surface area contributed by atoms with Gasteiger partial charge in [0.15, 0.2) is 0 Å². The third-order valence-corrected chi connectivity index (χ3v) is 5.63. The van der Waals surface area contributed by atoms with Gasteiger partial charge in [0, 0.05) is 24.8 Å². The monoisotopic (exact) mass is 461 g/mol. The Hall–Kier alpha value is -3.83. The van der Waals surface area contributed by atoms with Gasteiger partial charge in [-0.2, -0.15) is 18.2 Å². The molecule has 8 nitrogen and oxygen atoms in total. The third-order valence-electron chi connectivity index (χ3n) is 5.63. The van der Waals surface area contributed by atoms with Crippen LogP contribution in [0, 0.1) is 5.82 Å². The summed E-state index contributed by atoms with van der Waals surface area (Å²) < 4.78 is 55.3. The number of benzene rings is 1. The zero-order valence-corrected chi connectivity index (χ0v) is 16.8. The van der Waals surface area contributed by atoms with E-state index in [1.807, 2.05) is 0 Å². The lowest BCUT2D eigenvalue weighted by Gasteiger charge is -2.43. The Morgan fingerprint density at radius 3 is 2.58 bits per heavy atom. The second kappa shape index (κ2) is 7.64. The Morgan fingerprint density at radius 1 is 1.18 bits per heavy atom. The molecule has 0 unspecified atom stereocenters. The average molecular weight is 461 g/mol. The maximum Gasteiger partial charge on any atom is 0.471 e. The number of amides is 2. The predicted molar refractivity (Wildman–Crippen MR) is 103 cm³/mol. The summed E-state index contributed by atoms with van der Waals surface area (Å²) in [7, 11) is 0. The van der Waals surface area contributed by atoms with Crippen LogP contribution in [0.1, 0.15) is 27.5 Å². The lowest BCUT2D eigenvalue weighted by Crippen LogP contribution is -2.61. The van der Waals surface area contributed by atoms with Crippen LogP contribution in [0.25, 0.3) is 11.4 Å². The third kappa shape index (κ3) is 3.92. The number of hydrogen-bond acceptors (Lipinski definition) is 6. The zero-order chi connectivity index (χ0) is 23.3. The van der Waals surface area contributed by atoms with Gasteiger partial charge in [0.1, 0.15) is 5.82 Å². The number of alkyl halides is 3. The summed E-state index contributed by atoms with van der Waals surface area (Å²) in [5.41, 5.74) is 1.57. The van der Waals surface area contributed by atoms with E-state index in [0.717, 1.165) is 0 Å². The molecule has 2 amide bonds. The molecule has 1 saturated heterocycles. The van der Waals surface area contributed by atoms with Crippen molar-refractivity contribution >= 4 is 11.8 Å². The van der Waals surface area contributed by atoms with Gasteiger partial charge in [-0.3, -0.25) is 14.6 Å². The van der Waals surface area contributed by atoms with Crippen molar-refractivity contribution in [3.8, 4) is 11.4 Å². The summed E-state index contributed by atoms with van der Waals surface area (Å²) in [4.78, 5) is 36.0. The molecule has 170 valence electrons. The van der Waals surface area contributed by atoms with Crippen molar-refractivity contribution in [1.29, 1.82) is 0 Å². The number of halogens is 4. The molecule has 0 saturated carbocycles. The number of pyridine rings is 1. The first kappa shape index (κ1) is 21.0. The molecule has 0 atom stereocenters. The average Bonchev–Trinajstić information content (AvgIpc) is 3.35. The van der Waals surface area contributed by atoms with Crippen molar-refractivity contribution in [3.05, 3.63) is 65.1 Å². The second-order valence-corrected chi connectivity index (χ2v) is 7.83. The van der Waals surface area contributed by atoms with Crippen molar-refractivity contribution in [1.82, 2.24) is 24.9 Å². The van der Waals surface area contributed by atoms with Crippen molar-refractivity contribution in [2.45, 2.75) is 25.2 Å². The number of rotatable bonds is 4. The fourth-order valence-corrected chi connectivity index (χ4v) is 3.81. The van der Waals surface area contributed by atoms with Crippen molar-refractivity contribution in [2.24, 2.45) is 0 Å². The summed E-state index contributed by atoms with van der Waals surface area (Å²) >= 11 is 0. The predicted octanol–water partition coefficient (Wildman–Crippen LogP) is 2.70. The van der Waals surface area contributed by atoms with Crippen molar-refractivity contribution in [3.63, 3.8) is 0 Å². The van der Waals surface area contributed by atoms with Crippen molar-refractivity contribution in [2.75, 3.05) is 13.1 Å². The number of nitrogens with zero attached hydrogens (tertiary/aromatic N) is 5. The van der Waals surface area contributed by atoms with Gasteiger partial charge in [-0.15, -0.1) is 0 Å². The lowest BCUT2D eigenvalue weighted by molar-refractivity contribution is -0.159. The summed E-state index contributed by atoms with van der Waals surface area (Å²) in [6, 6.07) is 6.88. The SMILES string of the molecule is O=C(Cc1ccc(F)cc1)N1CC(N2Cc3ncc(-c4noc(C(F)(F)F)n4)cc3C2=O)C1. The van der Waals surface area contributed by atoms with E-state index in [1.165, 1.54) is 24.4 Å². The van der Waals surface area contributed by atoms with Crippen LogP contribution in [-0.2, 0) is 23.9 Å². The lowest BCUT2D eigenvalue weighted by atomic mass is 10.0. The number of likely N-dealkylation sites (tertiary alicyclic amines) is 1. The maximum absolute atomic E-state index is 13.0. The molecule has 0 spiro atoms. The van der Waals surface area contributed by atoms with E-state index in [1.54, 1.807) is 21.9 Å². The maximum atomic E-state index is 13.0. The fourth-order valence-electron chi connectivity index (χ4n) is 3.81. The van der Waals surface area contributed by atoms with Gasteiger partial charge in [-0.25, -0.2) is 4.39 Å². The van der Waals surface area contributed by atoms with Crippen LogP contribution in [0.4, 0.5) is 17.6 Å². The van der Waals surface area contributed by atoms with Gasteiger partial charge in [0.2, 0.25) is 11.7 Å². The van der Waals surface area contributed by atoms with E-state index >= 15 is 0 Å². The molecule has 2 aliphatic heterocycles. The topological polar surface area (TPSA) is 92.4 Å². The highest BCUT2D eigenvalue weighted by molar-refractivity contribution is 5.99. The van der Waals surface area contributed by atoms with Crippen LogP contribution in [0.15, 0.2) is 41.1 Å². The van der Waals surface area contributed by atoms with E-state index in [-0.39, 0.29) is 53.6 Å². The first-order valence-corrected chi connectivity index (χ1v) is 9.92. The van der Waals surface area contributed by atoms with E-state index in [0.29, 0.717) is 24.3 Å². The van der Waals surface area contributed by atoms with E-state index in [4.69, 9.17) is 0 Å². The Kier molecular flexibility index (Phi) is 4.87. The van der Waals surface area contributed by atoms with Gasteiger partial charge in [-0.05, 0) is 23.8 Å². The molecule has 1 fully saturated rings. The van der Waals surface area contributed by atoms with Crippen LogP contribution in [0.3, 0.4) is 0 Å². The second-order valence-electron chi connectivity index (χ2n) is 7.83. The normalized spacial score (nSPS) is 16.2. The highest BCUT2D eigenvalue weighted by atomic mass is 19.4. The molecule has 2 aromatic heterocycles. The molecule has 33 heavy (non-hydrogen) atoms. The summed E-state index contributed by atoms with van der Waals surface area (Å²) in [6.45, 7) is 0.942. The minimum atomic E-state index is -4.77. The largest absolute Gasteiger partial charge is 0.471 e. The summed E-state index contributed by atoms with van der Waals surface area (Å²) in [6.07, 6.45) is -3.34. The molecule has 3 aromatic rings.